The van der Waals surface area contributed by atoms with Crippen LogP contribution < -0.4 is 16.0 Å². The Hall–Kier alpha value is -1.22. The van der Waals surface area contributed by atoms with Crippen molar-refractivity contribution in [2.45, 2.75) is 0 Å². The van der Waals surface area contributed by atoms with Gasteiger partial charge in [0, 0.05) is 45.8 Å². The predicted octanol–water partition coefficient (Wildman–Crippen LogP) is -2.87. The number of piperazine rings is 1. The van der Waals surface area contributed by atoms with Gasteiger partial charge in [-0.1, -0.05) is 0 Å². The van der Waals surface area contributed by atoms with Crippen LogP contribution in [0.1, 0.15) is 0 Å². The number of ether oxygens (including phenoxy) is 1. The topological polar surface area (TPSA) is 103 Å². The molecule has 1 rings (SSSR count). The molecule has 0 unspecified atom stereocenters. The van der Waals surface area contributed by atoms with Crippen LogP contribution in [-0.2, 0) is 14.3 Å². The average Bonchev–Trinajstić information content (AvgIpc) is 2.47. The number of rotatable bonds is 8. The third-order valence-electron chi connectivity index (χ3n) is 2.90. The number of nitrogens with zero attached hydrogens (tertiary/aromatic N) is 1. The van der Waals surface area contributed by atoms with Crippen molar-refractivity contribution >= 4 is 11.8 Å². The molecule has 8 nitrogen and oxygen atoms in total. The number of aliphatic hydroxyl groups is 1. The van der Waals surface area contributed by atoms with E-state index in [9.17, 15) is 9.59 Å². The molecule has 1 aliphatic rings. The third-order valence-corrected chi connectivity index (χ3v) is 2.90. The quantitative estimate of drug-likeness (QED) is 0.283. The van der Waals surface area contributed by atoms with Crippen LogP contribution in [-0.4, -0.2) is 87.5 Å². The molecular formula is C12H24N4O4. The van der Waals surface area contributed by atoms with E-state index in [0.29, 0.717) is 6.54 Å². The highest BCUT2D eigenvalue weighted by Gasteiger charge is 2.13. The van der Waals surface area contributed by atoms with Gasteiger partial charge < -0.3 is 25.8 Å². The molecule has 1 heterocycles. The van der Waals surface area contributed by atoms with E-state index in [1.54, 1.807) is 0 Å². The van der Waals surface area contributed by atoms with E-state index >= 15 is 0 Å². The molecule has 1 aliphatic heterocycles. The molecule has 0 spiro atoms. The Morgan fingerprint density at radius 2 is 1.75 bits per heavy atom. The summed E-state index contributed by atoms with van der Waals surface area (Å²) in [6.45, 7) is 5.77. The van der Waals surface area contributed by atoms with Gasteiger partial charge in [0.1, 0.15) is 0 Å². The number of nitrogens with one attached hydrogen (secondary N) is 3. The van der Waals surface area contributed by atoms with Crippen molar-refractivity contribution in [3.05, 3.63) is 0 Å². The molecule has 0 aromatic heterocycles. The van der Waals surface area contributed by atoms with E-state index in [2.05, 4.69) is 20.9 Å². The Morgan fingerprint density at radius 1 is 1.10 bits per heavy atom. The Kier molecular flexibility index (Phi) is 8.88. The van der Waals surface area contributed by atoms with Gasteiger partial charge in [-0.3, -0.25) is 14.5 Å². The van der Waals surface area contributed by atoms with E-state index in [-0.39, 0.29) is 26.4 Å². The first kappa shape index (κ1) is 16.8. The minimum absolute atomic E-state index is 0.0551. The summed E-state index contributed by atoms with van der Waals surface area (Å²) < 4.78 is 4.96. The lowest BCUT2D eigenvalue weighted by Gasteiger charge is -2.26. The molecule has 0 atom stereocenters. The van der Waals surface area contributed by atoms with E-state index in [1.165, 1.54) is 0 Å². The van der Waals surface area contributed by atoms with Crippen LogP contribution in [0.2, 0.25) is 0 Å². The minimum atomic E-state index is -0.655. The van der Waals surface area contributed by atoms with Crippen molar-refractivity contribution in [3.63, 3.8) is 0 Å². The number of carbonyl (C=O) groups is 2. The zero-order chi connectivity index (χ0) is 14.6. The maximum atomic E-state index is 11.5. The monoisotopic (exact) mass is 288 g/mol. The summed E-state index contributed by atoms with van der Waals surface area (Å²) in [5.74, 6) is -1.28. The first-order valence-electron chi connectivity index (χ1n) is 6.91. The number of hydrogen-bond donors (Lipinski definition) is 4. The normalized spacial score (nSPS) is 15.8. The number of aliphatic hydroxyl groups excluding tert-OH is 1. The fraction of sp³-hybridized carbons (Fsp3) is 0.833. The molecular weight excluding hydrogens is 264 g/mol. The van der Waals surface area contributed by atoms with Crippen LogP contribution in [0.4, 0.5) is 0 Å². The van der Waals surface area contributed by atoms with Crippen LogP contribution in [0.3, 0.4) is 0 Å². The van der Waals surface area contributed by atoms with Crippen molar-refractivity contribution in [2.75, 3.05) is 65.6 Å². The second-order valence-corrected chi connectivity index (χ2v) is 4.44. The Bertz CT molecular complexity index is 295. The number of carbonyl (C=O) groups excluding carboxylic acids is 2. The van der Waals surface area contributed by atoms with Crippen LogP contribution in [0.15, 0.2) is 0 Å². The summed E-state index contributed by atoms with van der Waals surface area (Å²) in [6, 6.07) is 0. The molecule has 0 bridgehead atoms. The van der Waals surface area contributed by atoms with E-state index in [1.807, 2.05) is 0 Å². The largest absolute Gasteiger partial charge is 0.394 e. The fourth-order valence-electron chi connectivity index (χ4n) is 1.83. The van der Waals surface area contributed by atoms with E-state index < -0.39 is 11.8 Å². The van der Waals surface area contributed by atoms with Crippen molar-refractivity contribution < 1.29 is 19.4 Å². The molecule has 4 N–H and O–H groups in total. The molecule has 1 fully saturated rings. The van der Waals surface area contributed by atoms with Crippen LogP contribution in [0.5, 0.6) is 0 Å². The maximum absolute atomic E-state index is 11.5. The zero-order valence-corrected chi connectivity index (χ0v) is 11.7. The summed E-state index contributed by atoms with van der Waals surface area (Å²) in [5.41, 5.74) is 0. The van der Waals surface area contributed by atoms with Crippen molar-refractivity contribution in [2.24, 2.45) is 0 Å². The summed E-state index contributed by atoms with van der Waals surface area (Å²) in [4.78, 5) is 25.1. The van der Waals surface area contributed by atoms with Gasteiger partial charge in [-0.2, -0.15) is 0 Å². The molecule has 116 valence electrons. The van der Waals surface area contributed by atoms with Crippen molar-refractivity contribution in [1.29, 1.82) is 0 Å². The molecule has 0 aromatic carbocycles. The molecule has 1 saturated heterocycles. The van der Waals surface area contributed by atoms with Crippen LogP contribution in [0, 0.1) is 0 Å². The van der Waals surface area contributed by atoms with Crippen molar-refractivity contribution in [3.8, 4) is 0 Å². The SMILES string of the molecule is O=C(NCCOCCO)C(=O)NCCN1CCNCC1. The lowest BCUT2D eigenvalue weighted by molar-refractivity contribution is -0.139. The highest BCUT2D eigenvalue weighted by atomic mass is 16.5. The van der Waals surface area contributed by atoms with Gasteiger partial charge in [0.2, 0.25) is 0 Å². The molecule has 20 heavy (non-hydrogen) atoms. The Labute approximate surface area is 118 Å². The molecule has 2 amide bonds. The molecule has 0 radical (unpaired) electrons. The first-order valence-corrected chi connectivity index (χ1v) is 6.91. The zero-order valence-electron chi connectivity index (χ0n) is 11.7. The Morgan fingerprint density at radius 3 is 2.40 bits per heavy atom. The molecule has 0 saturated carbocycles. The smallest absolute Gasteiger partial charge is 0.309 e. The molecule has 8 heteroatoms. The van der Waals surface area contributed by atoms with Gasteiger partial charge in [-0.05, 0) is 0 Å². The summed E-state index contributed by atoms with van der Waals surface area (Å²) >= 11 is 0. The van der Waals surface area contributed by atoms with Gasteiger partial charge >= 0.3 is 11.8 Å². The fourth-order valence-corrected chi connectivity index (χ4v) is 1.83. The standard InChI is InChI=1S/C12H24N4O4/c17-8-10-20-9-4-15-12(19)11(18)14-3-7-16-5-1-13-2-6-16/h13,17H,1-10H2,(H,14,18)(H,15,19). The van der Waals surface area contributed by atoms with Gasteiger partial charge in [0.05, 0.1) is 19.8 Å². The second kappa shape index (κ2) is 10.6. The van der Waals surface area contributed by atoms with Gasteiger partial charge in [-0.25, -0.2) is 0 Å². The lowest BCUT2D eigenvalue weighted by Crippen LogP contribution is -2.48. The molecule has 0 aromatic rings. The first-order chi connectivity index (χ1) is 9.74. The summed E-state index contributed by atoms with van der Waals surface area (Å²) in [6.07, 6.45) is 0. The lowest BCUT2D eigenvalue weighted by atomic mass is 10.3. The maximum Gasteiger partial charge on any atom is 0.309 e. The van der Waals surface area contributed by atoms with Gasteiger partial charge in [0.25, 0.3) is 0 Å². The van der Waals surface area contributed by atoms with Crippen molar-refractivity contribution in [1.82, 2.24) is 20.9 Å². The number of hydrogen-bond acceptors (Lipinski definition) is 6. The van der Waals surface area contributed by atoms with Gasteiger partial charge in [0.15, 0.2) is 0 Å². The third kappa shape index (κ3) is 7.39. The molecule has 0 aliphatic carbocycles. The average molecular weight is 288 g/mol. The highest BCUT2D eigenvalue weighted by molar-refractivity contribution is 6.35. The highest BCUT2D eigenvalue weighted by Crippen LogP contribution is 1.89. The van der Waals surface area contributed by atoms with E-state index in [4.69, 9.17) is 9.84 Å². The predicted molar refractivity (Wildman–Crippen MR) is 73.2 cm³/mol. The second-order valence-electron chi connectivity index (χ2n) is 4.44. The number of amides is 2. The van der Waals surface area contributed by atoms with E-state index in [0.717, 1.165) is 32.7 Å². The Balaban J connectivity index is 2.01. The summed E-state index contributed by atoms with van der Waals surface area (Å²) in [5, 5.41) is 16.8. The summed E-state index contributed by atoms with van der Waals surface area (Å²) in [7, 11) is 0. The van der Waals surface area contributed by atoms with Crippen LogP contribution in [0.25, 0.3) is 0 Å². The van der Waals surface area contributed by atoms with Crippen LogP contribution >= 0.6 is 0 Å². The minimum Gasteiger partial charge on any atom is -0.394 e. The van der Waals surface area contributed by atoms with Gasteiger partial charge in [-0.15, -0.1) is 0 Å².